The van der Waals surface area contributed by atoms with Crippen molar-refractivity contribution in [3.8, 4) is 5.75 Å². The van der Waals surface area contributed by atoms with Gasteiger partial charge in [0.05, 0.1) is 5.71 Å². The highest BCUT2D eigenvalue weighted by molar-refractivity contribution is 6.02. The summed E-state index contributed by atoms with van der Waals surface area (Å²) in [5, 5.41) is 12.5. The SMILES string of the molecule is O/N=C1/CCCc2ccc(OCc3ccccc3)cc21. The number of hydrogen-bond acceptors (Lipinski definition) is 3. The number of aryl methyl sites for hydroxylation is 1. The van der Waals surface area contributed by atoms with Gasteiger partial charge in [0, 0.05) is 5.56 Å². The largest absolute Gasteiger partial charge is 0.489 e. The summed E-state index contributed by atoms with van der Waals surface area (Å²) < 4.78 is 5.81. The highest BCUT2D eigenvalue weighted by Crippen LogP contribution is 2.26. The summed E-state index contributed by atoms with van der Waals surface area (Å²) in [4.78, 5) is 0. The van der Waals surface area contributed by atoms with Crippen LogP contribution in [-0.4, -0.2) is 10.9 Å². The molecule has 0 aliphatic heterocycles. The van der Waals surface area contributed by atoms with Crippen molar-refractivity contribution in [3.05, 3.63) is 65.2 Å². The van der Waals surface area contributed by atoms with E-state index in [4.69, 9.17) is 9.94 Å². The lowest BCUT2D eigenvalue weighted by Crippen LogP contribution is -2.12. The molecule has 1 aliphatic rings. The molecule has 0 unspecified atom stereocenters. The summed E-state index contributed by atoms with van der Waals surface area (Å²) in [6.45, 7) is 0.547. The molecule has 2 aromatic carbocycles. The fourth-order valence-electron chi connectivity index (χ4n) is 2.56. The van der Waals surface area contributed by atoms with Crippen LogP contribution in [0.2, 0.25) is 0 Å². The van der Waals surface area contributed by atoms with E-state index in [-0.39, 0.29) is 0 Å². The third-order valence-electron chi connectivity index (χ3n) is 3.62. The number of oxime groups is 1. The predicted molar refractivity (Wildman–Crippen MR) is 78.5 cm³/mol. The first kappa shape index (κ1) is 12.7. The quantitative estimate of drug-likeness (QED) is 0.679. The van der Waals surface area contributed by atoms with Crippen LogP contribution in [0.4, 0.5) is 0 Å². The highest BCUT2D eigenvalue weighted by Gasteiger charge is 2.16. The zero-order valence-electron chi connectivity index (χ0n) is 11.2. The van der Waals surface area contributed by atoms with Crippen LogP contribution in [0, 0.1) is 0 Å². The van der Waals surface area contributed by atoms with Gasteiger partial charge in [0.15, 0.2) is 0 Å². The highest BCUT2D eigenvalue weighted by atomic mass is 16.5. The summed E-state index contributed by atoms with van der Waals surface area (Å²) in [6.07, 6.45) is 2.90. The van der Waals surface area contributed by atoms with Crippen LogP contribution >= 0.6 is 0 Å². The van der Waals surface area contributed by atoms with E-state index >= 15 is 0 Å². The van der Waals surface area contributed by atoms with Crippen molar-refractivity contribution in [2.75, 3.05) is 0 Å². The fourth-order valence-corrected chi connectivity index (χ4v) is 2.56. The molecule has 0 amide bonds. The Kier molecular flexibility index (Phi) is 3.68. The minimum absolute atomic E-state index is 0.547. The smallest absolute Gasteiger partial charge is 0.120 e. The molecule has 1 aliphatic carbocycles. The summed E-state index contributed by atoms with van der Waals surface area (Å²) in [5.74, 6) is 0.815. The van der Waals surface area contributed by atoms with Gasteiger partial charge in [-0.05, 0) is 42.5 Å². The molecular formula is C17H17NO2. The van der Waals surface area contributed by atoms with E-state index < -0.39 is 0 Å². The minimum atomic E-state index is 0.547. The maximum Gasteiger partial charge on any atom is 0.120 e. The van der Waals surface area contributed by atoms with Gasteiger partial charge in [-0.2, -0.15) is 0 Å². The topological polar surface area (TPSA) is 41.8 Å². The predicted octanol–water partition coefficient (Wildman–Crippen LogP) is 3.78. The van der Waals surface area contributed by atoms with Crippen molar-refractivity contribution < 1.29 is 9.94 Å². The molecule has 0 heterocycles. The zero-order valence-corrected chi connectivity index (χ0v) is 11.2. The van der Waals surface area contributed by atoms with E-state index in [9.17, 15) is 0 Å². The Hall–Kier alpha value is -2.29. The third kappa shape index (κ3) is 2.67. The van der Waals surface area contributed by atoms with Crippen LogP contribution < -0.4 is 4.74 Å². The van der Waals surface area contributed by atoms with Crippen LogP contribution in [-0.2, 0) is 13.0 Å². The molecule has 102 valence electrons. The van der Waals surface area contributed by atoms with Gasteiger partial charge >= 0.3 is 0 Å². The summed E-state index contributed by atoms with van der Waals surface area (Å²) >= 11 is 0. The molecule has 3 nitrogen and oxygen atoms in total. The van der Waals surface area contributed by atoms with Crippen molar-refractivity contribution >= 4 is 5.71 Å². The number of benzene rings is 2. The van der Waals surface area contributed by atoms with E-state index in [0.29, 0.717) is 6.61 Å². The van der Waals surface area contributed by atoms with Crippen molar-refractivity contribution in [1.82, 2.24) is 0 Å². The lowest BCUT2D eigenvalue weighted by Gasteiger charge is -2.18. The Morgan fingerprint density at radius 1 is 1.05 bits per heavy atom. The molecule has 20 heavy (non-hydrogen) atoms. The van der Waals surface area contributed by atoms with Gasteiger partial charge in [0.25, 0.3) is 0 Å². The van der Waals surface area contributed by atoms with Gasteiger partial charge in [-0.3, -0.25) is 0 Å². The van der Waals surface area contributed by atoms with E-state index in [1.807, 2.05) is 42.5 Å². The van der Waals surface area contributed by atoms with Crippen molar-refractivity contribution in [3.63, 3.8) is 0 Å². The minimum Gasteiger partial charge on any atom is -0.489 e. The molecule has 3 rings (SSSR count). The maximum atomic E-state index is 9.08. The fraction of sp³-hybridized carbons (Fsp3) is 0.235. The molecule has 3 heteroatoms. The van der Waals surface area contributed by atoms with Gasteiger partial charge in [-0.1, -0.05) is 41.6 Å². The second kappa shape index (κ2) is 5.78. The number of fused-ring (bicyclic) bond motifs is 1. The maximum absolute atomic E-state index is 9.08. The first-order valence-corrected chi connectivity index (χ1v) is 6.88. The lowest BCUT2D eigenvalue weighted by atomic mass is 9.90. The van der Waals surface area contributed by atoms with Crippen LogP contribution in [0.15, 0.2) is 53.7 Å². The molecule has 0 fully saturated rings. The Labute approximate surface area is 118 Å². The number of ether oxygens (including phenoxy) is 1. The van der Waals surface area contributed by atoms with Gasteiger partial charge in [0.2, 0.25) is 0 Å². The molecule has 0 bridgehead atoms. The van der Waals surface area contributed by atoms with Gasteiger partial charge in [-0.25, -0.2) is 0 Å². The number of hydrogen-bond donors (Lipinski definition) is 1. The van der Waals surface area contributed by atoms with Crippen LogP contribution in [0.5, 0.6) is 5.75 Å². The Morgan fingerprint density at radius 2 is 1.90 bits per heavy atom. The van der Waals surface area contributed by atoms with E-state index in [0.717, 1.165) is 41.9 Å². The van der Waals surface area contributed by atoms with Gasteiger partial charge < -0.3 is 9.94 Å². The van der Waals surface area contributed by atoms with E-state index in [1.165, 1.54) is 5.56 Å². The number of nitrogens with zero attached hydrogens (tertiary/aromatic N) is 1. The first-order valence-electron chi connectivity index (χ1n) is 6.88. The average molecular weight is 267 g/mol. The van der Waals surface area contributed by atoms with Crippen molar-refractivity contribution in [1.29, 1.82) is 0 Å². The first-order chi connectivity index (χ1) is 9.86. The molecule has 0 atom stereocenters. The third-order valence-corrected chi connectivity index (χ3v) is 3.62. The normalized spacial score (nSPS) is 15.9. The molecule has 0 saturated carbocycles. The Bertz CT molecular complexity index is 620. The lowest BCUT2D eigenvalue weighted by molar-refractivity contribution is 0.305. The van der Waals surface area contributed by atoms with Crippen LogP contribution in [0.25, 0.3) is 0 Å². The molecule has 1 N–H and O–H groups in total. The molecule has 0 radical (unpaired) electrons. The second-order valence-corrected chi connectivity index (χ2v) is 4.99. The Morgan fingerprint density at radius 3 is 2.70 bits per heavy atom. The van der Waals surface area contributed by atoms with Crippen molar-refractivity contribution in [2.45, 2.75) is 25.9 Å². The summed E-state index contributed by atoms with van der Waals surface area (Å²) in [6, 6.07) is 16.1. The van der Waals surface area contributed by atoms with Crippen LogP contribution in [0.1, 0.15) is 29.5 Å². The molecule has 0 saturated heterocycles. The Balaban J connectivity index is 1.78. The second-order valence-electron chi connectivity index (χ2n) is 4.99. The monoisotopic (exact) mass is 267 g/mol. The summed E-state index contributed by atoms with van der Waals surface area (Å²) in [5.41, 5.74) is 4.15. The summed E-state index contributed by atoms with van der Waals surface area (Å²) in [7, 11) is 0. The number of rotatable bonds is 3. The molecule has 0 spiro atoms. The van der Waals surface area contributed by atoms with Gasteiger partial charge in [-0.15, -0.1) is 0 Å². The molecule has 0 aromatic heterocycles. The zero-order chi connectivity index (χ0) is 13.8. The average Bonchev–Trinajstić information content (AvgIpc) is 2.53. The molecule has 2 aromatic rings. The molecular weight excluding hydrogens is 250 g/mol. The van der Waals surface area contributed by atoms with Crippen LogP contribution in [0.3, 0.4) is 0 Å². The van der Waals surface area contributed by atoms with E-state index in [2.05, 4.69) is 11.2 Å². The standard InChI is InChI=1S/C17H17NO2/c19-18-17-8-4-7-14-9-10-15(11-16(14)17)20-12-13-5-2-1-3-6-13/h1-3,5-6,9-11,19H,4,7-8,12H2/b18-17-. The van der Waals surface area contributed by atoms with E-state index in [1.54, 1.807) is 0 Å². The van der Waals surface area contributed by atoms with Crippen molar-refractivity contribution in [2.24, 2.45) is 5.16 Å². The van der Waals surface area contributed by atoms with Gasteiger partial charge in [0.1, 0.15) is 12.4 Å².